The van der Waals surface area contributed by atoms with Gasteiger partial charge < -0.3 is 10.1 Å². The molecule has 28 heavy (non-hydrogen) atoms. The molecule has 3 rings (SSSR count). The van der Waals surface area contributed by atoms with Crippen molar-refractivity contribution in [1.29, 1.82) is 0 Å². The summed E-state index contributed by atoms with van der Waals surface area (Å²) in [5.74, 6) is -1.08. The van der Waals surface area contributed by atoms with Crippen LogP contribution in [-0.2, 0) is 16.1 Å². The van der Waals surface area contributed by atoms with Crippen molar-refractivity contribution in [3.63, 3.8) is 0 Å². The number of amides is 1. The zero-order valence-electron chi connectivity index (χ0n) is 15.4. The number of hydrogen-bond acceptors (Lipinski definition) is 3. The fourth-order valence-electron chi connectivity index (χ4n) is 2.86. The number of alkyl halides is 1. The Bertz CT molecular complexity index is 972. The highest BCUT2D eigenvalue weighted by molar-refractivity contribution is 5.91. The van der Waals surface area contributed by atoms with Gasteiger partial charge in [-0.25, -0.2) is 9.18 Å². The second kappa shape index (κ2) is 8.95. The summed E-state index contributed by atoms with van der Waals surface area (Å²) < 4.78 is 19.0. The van der Waals surface area contributed by atoms with Crippen LogP contribution in [-0.4, -0.2) is 19.0 Å². The van der Waals surface area contributed by atoms with E-state index in [4.69, 9.17) is 4.74 Å². The lowest BCUT2D eigenvalue weighted by molar-refractivity contribution is -0.126. The lowest BCUT2D eigenvalue weighted by Gasteiger charge is -2.11. The van der Waals surface area contributed by atoms with E-state index >= 15 is 0 Å². The van der Waals surface area contributed by atoms with E-state index in [0.29, 0.717) is 11.1 Å². The summed E-state index contributed by atoms with van der Waals surface area (Å²) in [6.07, 6.45) is -1.71. The predicted octanol–water partition coefficient (Wildman–Crippen LogP) is 4.47. The van der Waals surface area contributed by atoms with Gasteiger partial charge in [0, 0.05) is 6.54 Å². The smallest absolute Gasteiger partial charge is 0.337 e. The molecular formula is C23H20FNO3. The molecule has 0 bridgehead atoms. The SMILES string of the molecule is COC(=O)c1cccc(-c2cccc(CNC(=O)C(F)c3ccccc3)c2)c1. The van der Waals surface area contributed by atoms with Crippen LogP contribution in [0.4, 0.5) is 4.39 Å². The Morgan fingerprint density at radius 1 is 0.929 bits per heavy atom. The van der Waals surface area contributed by atoms with E-state index in [9.17, 15) is 14.0 Å². The number of carbonyl (C=O) groups excluding carboxylic acids is 2. The highest BCUT2D eigenvalue weighted by Crippen LogP contribution is 2.22. The standard InChI is InChI=1S/C23H20FNO3/c1-28-23(27)20-12-6-11-19(14-20)18-10-5-7-16(13-18)15-25-22(26)21(24)17-8-3-2-4-9-17/h2-14,21H,15H2,1H3,(H,25,26). The van der Waals surface area contributed by atoms with Gasteiger partial charge in [0.25, 0.3) is 5.91 Å². The molecule has 0 radical (unpaired) electrons. The number of esters is 1. The molecule has 0 heterocycles. The number of nitrogens with one attached hydrogen (secondary N) is 1. The summed E-state index contributed by atoms with van der Waals surface area (Å²) in [5, 5.41) is 2.63. The third-order valence-electron chi connectivity index (χ3n) is 4.33. The monoisotopic (exact) mass is 377 g/mol. The van der Waals surface area contributed by atoms with Gasteiger partial charge in [0.2, 0.25) is 6.17 Å². The Balaban J connectivity index is 1.70. The zero-order chi connectivity index (χ0) is 19.9. The van der Waals surface area contributed by atoms with E-state index in [1.54, 1.807) is 48.5 Å². The number of ether oxygens (including phenoxy) is 1. The number of benzene rings is 3. The van der Waals surface area contributed by atoms with Crippen molar-refractivity contribution < 1.29 is 18.7 Å². The highest BCUT2D eigenvalue weighted by atomic mass is 19.1. The normalized spacial score (nSPS) is 11.5. The quantitative estimate of drug-likeness (QED) is 0.645. The number of hydrogen-bond donors (Lipinski definition) is 1. The van der Waals surface area contributed by atoms with Crippen molar-refractivity contribution in [2.45, 2.75) is 12.7 Å². The van der Waals surface area contributed by atoms with E-state index in [-0.39, 0.29) is 6.54 Å². The van der Waals surface area contributed by atoms with Gasteiger partial charge in [-0.2, -0.15) is 0 Å². The van der Waals surface area contributed by atoms with Gasteiger partial charge in [-0.15, -0.1) is 0 Å². The molecule has 3 aromatic carbocycles. The molecular weight excluding hydrogens is 357 g/mol. The van der Waals surface area contributed by atoms with Crippen LogP contribution in [0.2, 0.25) is 0 Å². The molecule has 0 fully saturated rings. The Labute approximate surface area is 163 Å². The molecule has 0 aliphatic carbocycles. The Morgan fingerprint density at radius 3 is 2.32 bits per heavy atom. The molecule has 0 aliphatic heterocycles. The van der Waals surface area contributed by atoms with Crippen LogP contribution in [0.1, 0.15) is 27.7 Å². The first-order valence-corrected chi connectivity index (χ1v) is 8.83. The lowest BCUT2D eigenvalue weighted by Crippen LogP contribution is -2.26. The van der Waals surface area contributed by atoms with Crippen LogP contribution in [0.25, 0.3) is 11.1 Å². The molecule has 0 saturated carbocycles. The summed E-state index contributed by atoms with van der Waals surface area (Å²) in [5.41, 5.74) is 3.35. The molecule has 0 aromatic heterocycles. The molecule has 3 aromatic rings. The maximum atomic E-state index is 14.3. The number of carbonyl (C=O) groups is 2. The van der Waals surface area contributed by atoms with Gasteiger partial charge in [-0.3, -0.25) is 4.79 Å². The lowest BCUT2D eigenvalue weighted by atomic mass is 10.0. The molecule has 1 unspecified atom stereocenters. The van der Waals surface area contributed by atoms with E-state index in [0.717, 1.165) is 16.7 Å². The van der Waals surface area contributed by atoms with Crippen LogP contribution < -0.4 is 5.32 Å². The molecule has 1 amide bonds. The minimum Gasteiger partial charge on any atom is -0.465 e. The second-order valence-corrected chi connectivity index (χ2v) is 6.26. The number of rotatable bonds is 6. The van der Waals surface area contributed by atoms with Crippen LogP contribution in [0.15, 0.2) is 78.9 Å². The maximum Gasteiger partial charge on any atom is 0.337 e. The third-order valence-corrected chi connectivity index (χ3v) is 4.33. The minimum absolute atomic E-state index is 0.205. The van der Waals surface area contributed by atoms with Gasteiger partial charge in [-0.1, -0.05) is 60.7 Å². The van der Waals surface area contributed by atoms with Crippen molar-refractivity contribution in [2.24, 2.45) is 0 Å². The summed E-state index contributed by atoms with van der Waals surface area (Å²) in [6, 6.07) is 22.9. The average Bonchev–Trinajstić information content (AvgIpc) is 2.77. The van der Waals surface area contributed by atoms with Crippen molar-refractivity contribution in [2.75, 3.05) is 7.11 Å². The van der Waals surface area contributed by atoms with Gasteiger partial charge in [-0.05, 0) is 40.5 Å². The van der Waals surface area contributed by atoms with Crippen molar-refractivity contribution in [1.82, 2.24) is 5.32 Å². The predicted molar refractivity (Wildman–Crippen MR) is 105 cm³/mol. The highest BCUT2D eigenvalue weighted by Gasteiger charge is 2.18. The van der Waals surface area contributed by atoms with E-state index in [1.165, 1.54) is 7.11 Å². The Morgan fingerprint density at radius 2 is 1.61 bits per heavy atom. The second-order valence-electron chi connectivity index (χ2n) is 6.26. The third kappa shape index (κ3) is 4.62. The van der Waals surface area contributed by atoms with Gasteiger partial charge >= 0.3 is 5.97 Å². The van der Waals surface area contributed by atoms with Gasteiger partial charge in [0.15, 0.2) is 0 Å². The van der Waals surface area contributed by atoms with E-state index in [1.807, 2.05) is 30.3 Å². The fourth-order valence-corrected chi connectivity index (χ4v) is 2.86. The first-order chi connectivity index (χ1) is 13.6. The molecule has 0 spiro atoms. The molecule has 5 heteroatoms. The van der Waals surface area contributed by atoms with Gasteiger partial charge in [0.1, 0.15) is 0 Å². The molecule has 0 aliphatic rings. The molecule has 1 N–H and O–H groups in total. The maximum absolute atomic E-state index is 14.3. The zero-order valence-corrected chi connectivity index (χ0v) is 15.4. The van der Waals surface area contributed by atoms with Crippen molar-refractivity contribution in [3.8, 4) is 11.1 Å². The minimum atomic E-state index is -1.71. The van der Waals surface area contributed by atoms with Crippen LogP contribution in [0.5, 0.6) is 0 Å². The summed E-state index contributed by atoms with van der Waals surface area (Å²) in [7, 11) is 1.34. The fraction of sp³-hybridized carbons (Fsp3) is 0.130. The summed E-state index contributed by atoms with van der Waals surface area (Å²) >= 11 is 0. The average molecular weight is 377 g/mol. The molecule has 0 saturated heterocycles. The Kier molecular flexibility index (Phi) is 6.17. The number of methoxy groups -OCH3 is 1. The summed E-state index contributed by atoms with van der Waals surface area (Å²) in [6.45, 7) is 0.205. The number of halogens is 1. The van der Waals surface area contributed by atoms with Crippen molar-refractivity contribution >= 4 is 11.9 Å². The molecule has 1 atom stereocenters. The summed E-state index contributed by atoms with van der Waals surface area (Å²) in [4.78, 5) is 23.8. The largest absolute Gasteiger partial charge is 0.465 e. The van der Waals surface area contributed by atoms with Crippen LogP contribution >= 0.6 is 0 Å². The first-order valence-electron chi connectivity index (χ1n) is 8.83. The van der Waals surface area contributed by atoms with E-state index in [2.05, 4.69) is 5.32 Å². The first kappa shape index (κ1) is 19.3. The van der Waals surface area contributed by atoms with Gasteiger partial charge in [0.05, 0.1) is 12.7 Å². The molecule has 4 nitrogen and oxygen atoms in total. The van der Waals surface area contributed by atoms with E-state index < -0.39 is 18.0 Å². The topological polar surface area (TPSA) is 55.4 Å². The van der Waals surface area contributed by atoms with Crippen LogP contribution in [0, 0.1) is 0 Å². The van der Waals surface area contributed by atoms with Crippen molar-refractivity contribution in [3.05, 3.63) is 95.6 Å². The molecule has 142 valence electrons. The Hall–Kier alpha value is -3.47. The van der Waals surface area contributed by atoms with Crippen LogP contribution in [0.3, 0.4) is 0 Å².